The molecule has 5 nitrogen and oxygen atoms in total. The fraction of sp³-hybridized carbons (Fsp3) is 0. The minimum absolute atomic E-state index is 4.69. The Morgan fingerprint density at radius 2 is 1.29 bits per heavy atom. The number of hydrogen-bond acceptors (Lipinski definition) is 5. The van der Waals surface area contributed by atoms with E-state index in [1.54, 1.807) is 0 Å². The average Bonchev–Trinajstić information content (AvgIpc) is 1.36. The van der Waals surface area contributed by atoms with Crippen molar-refractivity contribution in [1.29, 1.82) is 5.26 Å². The zero-order chi connectivity index (χ0) is 6.50. The summed E-state index contributed by atoms with van der Waals surface area (Å²) in [5.41, 5.74) is 0. The maximum absolute atomic E-state index is 8.60. The minimum Gasteiger partial charge on any atom is -0.512 e. The standard InChI is InChI=1S/CN.ClHO4/c1-2;2-1(3,4)5/h;(H,2,3,4,5)/q-1;. The van der Waals surface area contributed by atoms with E-state index in [2.05, 4.69) is 0 Å². The van der Waals surface area contributed by atoms with Gasteiger partial charge in [0.25, 0.3) is 0 Å². The Bertz CT molecular complexity index is 48.4. The molecule has 0 spiro atoms. The molecule has 0 bridgehead atoms. The van der Waals surface area contributed by atoms with Crippen LogP contribution < -0.4 is 14.0 Å². The van der Waals surface area contributed by atoms with Crippen molar-refractivity contribution in [2.24, 2.45) is 0 Å². The number of halogens is 1. The molecule has 0 saturated heterocycles. The highest BCUT2D eigenvalue weighted by atomic mass is 35.7. The molecular formula is CHClNO4-. The Kier molecular flexibility index (Phi) is 5.31. The predicted octanol–water partition coefficient (Wildman–Crippen LogP) is -4.03. The van der Waals surface area contributed by atoms with E-state index < -0.39 is 10.2 Å². The number of nitrogens with zero attached hydrogens (tertiary/aromatic N) is 1. The lowest BCUT2D eigenvalue weighted by Gasteiger charge is -2.03. The summed E-state index contributed by atoms with van der Waals surface area (Å²) in [5, 5.41) is 6.25. The smallest absolute Gasteiger partial charge is 0.0777 e. The van der Waals surface area contributed by atoms with Gasteiger partial charge in [-0.3, -0.25) is 0 Å². The highest BCUT2D eigenvalue weighted by Crippen LogP contribution is 1.60. The second-order valence-electron chi connectivity index (χ2n) is 0.396. The molecule has 0 heterocycles. The van der Waals surface area contributed by atoms with Gasteiger partial charge < -0.3 is 11.8 Å². The van der Waals surface area contributed by atoms with E-state index in [0.717, 1.165) is 0 Å². The Balaban J connectivity index is 0. The molecule has 0 fully saturated rings. The topological polar surface area (TPSA) is 113 Å². The van der Waals surface area contributed by atoms with Crippen LogP contribution in [0.25, 0.3) is 0 Å². The molecule has 1 N–H and O–H groups in total. The van der Waals surface area contributed by atoms with Gasteiger partial charge in [-0.05, 0) is 0 Å². The molecular weight excluding hydrogens is 125 g/mol. The summed E-state index contributed by atoms with van der Waals surface area (Å²) in [6.45, 7) is 4.75. The summed E-state index contributed by atoms with van der Waals surface area (Å²) >= 11 is 0. The zero-order valence-electron chi connectivity index (χ0n) is 3.00. The molecule has 7 heavy (non-hydrogen) atoms. The van der Waals surface area contributed by atoms with Crippen molar-refractivity contribution >= 4 is 0 Å². The average molecular weight is 126 g/mol. The molecule has 42 valence electrons. The summed E-state index contributed by atoms with van der Waals surface area (Å²) in [4.78, 5) is 0. The Morgan fingerprint density at radius 1 is 1.29 bits per heavy atom. The maximum atomic E-state index is 8.60. The van der Waals surface area contributed by atoms with E-state index in [1.165, 1.54) is 0 Å². The molecule has 0 saturated carbocycles. The van der Waals surface area contributed by atoms with Crippen LogP contribution in [-0.2, 0) is 0 Å². The van der Waals surface area contributed by atoms with Crippen LogP contribution in [0.3, 0.4) is 0 Å². The Hall–Kier alpha value is -0.380. The normalized spacial score (nSPS) is 8.86. The van der Waals surface area contributed by atoms with Gasteiger partial charge in [-0.15, -0.1) is 0 Å². The monoisotopic (exact) mass is 126 g/mol. The van der Waals surface area contributed by atoms with Gasteiger partial charge in [-0.2, -0.15) is 14.0 Å². The van der Waals surface area contributed by atoms with Crippen molar-refractivity contribution in [3.05, 3.63) is 6.57 Å². The van der Waals surface area contributed by atoms with Crippen molar-refractivity contribution in [3.63, 3.8) is 0 Å². The van der Waals surface area contributed by atoms with Crippen LogP contribution in [0.5, 0.6) is 0 Å². The fourth-order valence-electron chi connectivity index (χ4n) is 0. The second-order valence-corrected chi connectivity index (χ2v) is 1.19. The number of hydrogen-bond donors (Lipinski definition) is 1. The molecule has 0 unspecified atom stereocenters. The predicted molar refractivity (Wildman–Crippen MR) is 7.19 cm³/mol. The molecule has 0 atom stereocenters. The Labute approximate surface area is 41.8 Å². The molecule has 0 radical (unpaired) electrons. The van der Waals surface area contributed by atoms with Gasteiger partial charge in [0.05, 0.1) is 14.9 Å². The van der Waals surface area contributed by atoms with Gasteiger partial charge in [0, 0.05) is 0 Å². The molecule has 0 rings (SSSR count). The van der Waals surface area contributed by atoms with Crippen LogP contribution in [0.1, 0.15) is 0 Å². The molecule has 0 aromatic heterocycles. The van der Waals surface area contributed by atoms with Gasteiger partial charge in [-0.1, -0.05) is 0 Å². The summed E-state index contributed by atoms with van der Waals surface area (Å²) in [5.74, 6) is 0. The van der Waals surface area contributed by atoms with E-state index in [9.17, 15) is 0 Å². The summed E-state index contributed by atoms with van der Waals surface area (Å²) < 4.78 is 32.7. The zero-order valence-corrected chi connectivity index (χ0v) is 3.75. The van der Waals surface area contributed by atoms with Crippen LogP contribution in [0.2, 0.25) is 0 Å². The first-order valence-corrected chi connectivity index (χ1v) is 2.12. The quantitative estimate of drug-likeness (QED) is 0.332. The minimum atomic E-state index is -4.69. The lowest BCUT2D eigenvalue weighted by atomic mass is 11.9. The third-order valence-corrected chi connectivity index (χ3v) is 0. The van der Waals surface area contributed by atoms with E-state index in [4.69, 9.17) is 30.5 Å². The molecule has 0 aromatic rings. The lowest BCUT2D eigenvalue weighted by Crippen LogP contribution is -2.58. The van der Waals surface area contributed by atoms with Crippen molar-refractivity contribution in [2.45, 2.75) is 0 Å². The largest absolute Gasteiger partial charge is 0.512 e. The second kappa shape index (κ2) is 3.80. The van der Waals surface area contributed by atoms with E-state index in [-0.39, 0.29) is 0 Å². The highest BCUT2D eigenvalue weighted by Gasteiger charge is 1.98. The lowest BCUT2D eigenvalue weighted by molar-refractivity contribution is -1.92. The van der Waals surface area contributed by atoms with Crippen LogP contribution in [-0.4, -0.2) is 4.66 Å². The van der Waals surface area contributed by atoms with Gasteiger partial charge in [0.15, 0.2) is 0 Å². The summed E-state index contributed by atoms with van der Waals surface area (Å²) in [6, 6.07) is 0. The molecule has 0 aromatic carbocycles. The first-order valence-electron chi connectivity index (χ1n) is 0.856. The summed E-state index contributed by atoms with van der Waals surface area (Å²) in [7, 11) is -4.69. The molecule has 0 amide bonds. The van der Waals surface area contributed by atoms with Gasteiger partial charge >= 0.3 is 0 Å². The first kappa shape index (κ1) is 9.80. The van der Waals surface area contributed by atoms with E-state index in [1.807, 2.05) is 0 Å². The third kappa shape index (κ3) is 510. The van der Waals surface area contributed by atoms with Crippen molar-refractivity contribution in [2.75, 3.05) is 0 Å². The van der Waals surface area contributed by atoms with Gasteiger partial charge in [0.2, 0.25) is 0 Å². The van der Waals surface area contributed by atoms with Crippen LogP contribution in [0.15, 0.2) is 0 Å². The van der Waals surface area contributed by atoms with Gasteiger partial charge in [0.1, 0.15) is 0 Å². The summed E-state index contributed by atoms with van der Waals surface area (Å²) in [6.07, 6.45) is 0. The van der Waals surface area contributed by atoms with Crippen molar-refractivity contribution in [3.8, 4) is 0 Å². The van der Waals surface area contributed by atoms with E-state index in [0.29, 0.717) is 0 Å². The Morgan fingerprint density at radius 3 is 1.29 bits per heavy atom. The maximum Gasteiger partial charge on any atom is 0.0777 e. The highest BCUT2D eigenvalue weighted by molar-refractivity contribution is 3.44. The van der Waals surface area contributed by atoms with Crippen LogP contribution in [0, 0.1) is 22.1 Å². The van der Waals surface area contributed by atoms with Gasteiger partial charge in [-0.25, -0.2) is 0 Å². The molecule has 0 aliphatic rings. The van der Waals surface area contributed by atoms with Crippen molar-refractivity contribution < 1.29 is 28.9 Å². The van der Waals surface area contributed by atoms with Crippen LogP contribution in [0.4, 0.5) is 0 Å². The number of rotatable bonds is 0. The first-order chi connectivity index (χ1) is 3.00. The molecule has 0 aliphatic heterocycles. The molecule has 0 aliphatic carbocycles. The SMILES string of the molecule is [C-]#N.[O-][Cl+3]([O-])([O-])O. The third-order valence-electron chi connectivity index (χ3n) is 0. The molecule has 6 heteroatoms. The van der Waals surface area contributed by atoms with Crippen molar-refractivity contribution in [1.82, 2.24) is 0 Å². The van der Waals surface area contributed by atoms with E-state index >= 15 is 0 Å². The fourth-order valence-corrected chi connectivity index (χ4v) is 0. The van der Waals surface area contributed by atoms with Crippen LogP contribution >= 0.6 is 0 Å².